The molecule has 0 spiro atoms. The molecule has 1 N–H and O–H groups in total. The summed E-state index contributed by atoms with van der Waals surface area (Å²) in [6, 6.07) is 7.29. The molecule has 21 heavy (non-hydrogen) atoms. The second-order valence-corrected chi connectivity index (χ2v) is 9.05. The van der Waals surface area contributed by atoms with Gasteiger partial charge in [0.25, 0.3) is 0 Å². The molecular formula is C15H20ClNO3S. The third kappa shape index (κ3) is 3.59. The zero-order chi connectivity index (χ0) is 15.8. The van der Waals surface area contributed by atoms with E-state index in [1.807, 2.05) is 25.1 Å². The fraction of sp³-hybridized carbons (Fsp3) is 0.467. The summed E-state index contributed by atoms with van der Waals surface area (Å²) < 4.78 is 28.3. The van der Waals surface area contributed by atoms with Crippen molar-refractivity contribution in [2.45, 2.75) is 31.6 Å². The molecule has 4 nitrogen and oxygen atoms in total. The highest BCUT2D eigenvalue weighted by Crippen LogP contribution is 2.26. The fourth-order valence-electron chi connectivity index (χ4n) is 1.88. The van der Waals surface area contributed by atoms with Crippen molar-refractivity contribution >= 4 is 32.4 Å². The van der Waals surface area contributed by atoms with E-state index in [0.717, 1.165) is 16.7 Å². The third-order valence-corrected chi connectivity index (χ3v) is 6.15. The first kappa shape index (κ1) is 16.3. The van der Waals surface area contributed by atoms with Crippen molar-refractivity contribution in [2.75, 3.05) is 12.8 Å². The zero-order valence-electron chi connectivity index (χ0n) is 12.6. The number of rotatable bonds is 5. The minimum atomic E-state index is -3.12. The first-order valence-electron chi connectivity index (χ1n) is 6.72. The Morgan fingerprint density at radius 3 is 2.62 bits per heavy atom. The van der Waals surface area contributed by atoms with Crippen LogP contribution in [0.4, 0.5) is 0 Å². The Balaban J connectivity index is 2.14. The molecule has 6 heteroatoms. The molecule has 1 unspecified atom stereocenters. The molecule has 1 heterocycles. The van der Waals surface area contributed by atoms with Crippen LogP contribution in [0.2, 0.25) is 5.02 Å². The first-order chi connectivity index (χ1) is 9.60. The molecule has 0 saturated carbocycles. The van der Waals surface area contributed by atoms with Gasteiger partial charge in [-0.15, -0.1) is 0 Å². The van der Waals surface area contributed by atoms with E-state index in [4.69, 9.17) is 16.0 Å². The van der Waals surface area contributed by atoms with Crippen molar-refractivity contribution in [1.82, 2.24) is 5.32 Å². The molecule has 0 saturated heterocycles. The molecule has 116 valence electrons. The zero-order valence-corrected chi connectivity index (χ0v) is 14.2. The second kappa shape index (κ2) is 5.63. The number of hydrogen-bond donors (Lipinski definition) is 1. The smallest absolute Gasteiger partial charge is 0.153 e. The van der Waals surface area contributed by atoms with Crippen LogP contribution >= 0.6 is 11.6 Å². The van der Waals surface area contributed by atoms with Gasteiger partial charge in [-0.25, -0.2) is 8.42 Å². The first-order valence-corrected chi connectivity index (χ1v) is 8.99. The van der Waals surface area contributed by atoms with Gasteiger partial charge in [-0.1, -0.05) is 11.6 Å². The number of furan rings is 1. The van der Waals surface area contributed by atoms with E-state index in [-0.39, 0.29) is 6.04 Å². The van der Waals surface area contributed by atoms with Gasteiger partial charge in [0.05, 0.1) is 10.8 Å². The van der Waals surface area contributed by atoms with E-state index >= 15 is 0 Å². The summed E-state index contributed by atoms with van der Waals surface area (Å²) in [4.78, 5) is 0. The molecule has 0 aliphatic rings. The molecule has 0 aliphatic carbocycles. The monoisotopic (exact) mass is 329 g/mol. The summed E-state index contributed by atoms with van der Waals surface area (Å²) in [5.74, 6) is 0.761. The van der Waals surface area contributed by atoms with Gasteiger partial charge < -0.3 is 9.73 Å². The summed E-state index contributed by atoms with van der Waals surface area (Å²) >= 11 is 5.95. The Bertz CT molecular complexity index is 749. The van der Waals surface area contributed by atoms with Crippen molar-refractivity contribution in [3.8, 4) is 0 Å². The van der Waals surface area contributed by atoms with Crippen molar-refractivity contribution in [2.24, 2.45) is 0 Å². The molecule has 0 bridgehead atoms. The number of nitrogens with one attached hydrogen (secondary N) is 1. The number of fused-ring (bicyclic) bond motifs is 1. The highest BCUT2D eigenvalue weighted by atomic mass is 35.5. The van der Waals surface area contributed by atoms with Gasteiger partial charge >= 0.3 is 0 Å². The van der Waals surface area contributed by atoms with Crippen LogP contribution in [-0.4, -0.2) is 26.0 Å². The van der Waals surface area contributed by atoms with E-state index in [1.54, 1.807) is 19.9 Å². The lowest BCUT2D eigenvalue weighted by atomic mass is 10.1. The SMILES string of the molecule is CC(NCC(C)(C)S(C)(=O)=O)c1cc2cc(Cl)ccc2o1. The molecule has 2 aromatic rings. The van der Waals surface area contributed by atoms with Gasteiger partial charge in [0.2, 0.25) is 0 Å². The lowest BCUT2D eigenvalue weighted by molar-refractivity contribution is 0.428. The van der Waals surface area contributed by atoms with E-state index in [9.17, 15) is 8.42 Å². The standard InChI is InChI=1S/C15H20ClNO3S/c1-10(17-9-15(2,3)21(4,18)19)14-8-11-7-12(16)5-6-13(11)20-14/h5-8,10,17H,9H2,1-4H3. The van der Waals surface area contributed by atoms with Crippen LogP contribution in [-0.2, 0) is 9.84 Å². The fourth-order valence-corrected chi connectivity index (χ4v) is 2.40. The number of benzene rings is 1. The number of sulfone groups is 1. The summed E-state index contributed by atoms with van der Waals surface area (Å²) in [7, 11) is -3.12. The van der Waals surface area contributed by atoms with Crippen molar-refractivity contribution < 1.29 is 12.8 Å². The Kier molecular flexibility index (Phi) is 4.38. The molecule has 0 amide bonds. The van der Waals surface area contributed by atoms with Gasteiger partial charge in [-0.05, 0) is 45.0 Å². The highest BCUT2D eigenvalue weighted by molar-refractivity contribution is 7.92. The van der Waals surface area contributed by atoms with Crippen LogP contribution in [0.1, 0.15) is 32.6 Å². The largest absolute Gasteiger partial charge is 0.459 e. The van der Waals surface area contributed by atoms with Gasteiger partial charge in [-0.3, -0.25) is 0 Å². The normalized spacial score (nSPS) is 14.5. The molecule has 0 radical (unpaired) electrons. The summed E-state index contributed by atoms with van der Waals surface area (Å²) in [6.07, 6.45) is 1.25. The van der Waals surface area contributed by atoms with Gasteiger partial charge in [0.1, 0.15) is 11.3 Å². The molecular weight excluding hydrogens is 310 g/mol. The quantitative estimate of drug-likeness (QED) is 0.911. The summed E-state index contributed by atoms with van der Waals surface area (Å²) in [6.45, 7) is 5.71. The maximum Gasteiger partial charge on any atom is 0.153 e. The number of halogens is 1. The summed E-state index contributed by atoms with van der Waals surface area (Å²) in [5.41, 5.74) is 0.769. The Labute approximate surface area is 130 Å². The van der Waals surface area contributed by atoms with Gasteiger partial charge in [0.15, 0.2) is 9.84 Å². The maximum absolute atomic E-state index is 11.7. The van der Waals surface area contributed by atoms with Crippen LogP contribution in [0.5, 0.6) is 0 Å². The molecule has 2 rings (SSSR count). The van der Waals surface area contributed by atoms with Gasteiger partial charge in [-0.2, -0.15) is 0 Å². The predicted molar refractivity (Wildman–Crippen MR) is 86.6 cm³/mol. The van der Waals surface area contributed by atoms with Crippen LogP contribution < -0.4 is 5.32 Å². The second-order valence-electron chi connectivity index (χ2n) is 5.97. The third-order valence-electron chi connectivity index (χ3n) is 3.76. The molecule has 1 aromatic heterocycles. The molecule has 1 atom stereocenters. The topological polar surface area (TPSA) is 59.3 Å². The maximum atomic E-state index is 11.7. The lowest BCUT2D eigenvalue weighted by Gasteiger charge is -2.24. The van der Waals surface area contributed by atoms with Gasteiger partial charge in [0, 0.05) is 23.2 Å². The van der Waals surface area contributed by atoms with Crippen LogP contribution in [0, 0.1) is 0 Å². The molecule has 0 aliphatic heterocycles. The van der Waals surface area contributed by atoms with Crippen molar-refractivity contribution in [3.63, 3.8) is 0 Å². The average Bonchev–Trinajstić information content (AvgIpc) is 2.77. The molecule has 0 fully saturated rings. The van der Waals surface area contributed by atoms with E-state index in [2.05, 4.69) is 5.32 Å². The van der Waals surface area contributed by atoms with E-state index < -0.39 is 14.6 Å². The van der Waals surface area contributed by atoms with E-state index in [1.165, 1.54) is 6.26 Å². The van der Waals surface area contributed by atoms with Crippen molar-refractivity contribution in [3.05, 3.63) is 35.0 Å². The Morgan fingerprint density at radius 2 is 2.00 bits per heavy atom. The van der Waals surface area contributed by atoms with Crippen LogP contribution in [0.15, 0.2) is 28.7 Å². The average molecular weight is 330 g/mol. The minimum Gasteiger partial charge on any atom is -0.459 e. The highest BCUT2D eigenvalue weighted by Gasteiger charge is 2.30. The summed E-state index contributed by atoms with van der Waals surface area (Å²) in [5, 5.41) is 4.81. The van der Waals surface area contributed by atoms with Crippen molar-refractivity contribution in [1.29, 1.82) is 0 Å². The van der Waals surface area contributed by atoms with Crippen LogP contribution in [0.25, 0.3) is 11.0 Å². The minimum absolute atomic E-state index is 0.0859. The van der Waals surface area contributed by atoms with Crippen LogP contribution in [0.3, 0.4) is 0 Å². The Morgan fingerprint density at radius 1 is 1.33 bits per heavy atom. The van der Waals surface area contributed by atoms with E-state index in [0.29, 0.717) is 11.6 Å². The number of hydrogen-bond acceptors (Lipinski definition) is 4. The molecule has 1 aromatic carbocycles. The Hall–Kier alpha value is -1.04. The lowest BCUT2D eigenvalue weighted by Crippen LogP contribution is -2.42. The predicted octanol–water partition coefficient (Wildman–Crippen LogP) is 3.56.